The van der Waals surface area contributed by atoms with Crippen molar-refractivity contribution in [2.45, 2.75) is 51.4 Å². The summed E-state index contributed by atoms with van der Waals surface area (Å²) in [5, 5.41) is 7.68. The number of rotatable bonds is 6. The number of allylic oxidation sites excluding steroid dienone is 1. The van der Waals surface area contributed by atoms with Crippen molar-refractivity contribution in [1.29, 1.82) is 5.41 Å². The molecule has 1 saturated carbocycles. The number of aromatic amines is 1. The van der Waals surface area contributed by atoms with Gasteiger partial charge in [-0.15, -0.1) is 0 Å². The molecular formula is C20H25F2N3. The minimum absolute atomic E-state index is 0.242. The van der Waals surface area contributed by atoms with Crippen molar-refractivity contribution in [2.24, 2.45) is 11.8 Å². The minimum Gasteiger partial charge on any atom is -0.342 e. The molecule has 3 rings (SSSR count). The Bertz CT molecular complexity index is 734. The number of H-pyrrole nitrogens is 1. The van der Waals surface area contributed by atoms with Crippen LogP contribution in [0.4, 0.5) is 8.78 Å². The number of hydrogen-bond donors (Lipinski definition) is 2. The van der Waals surface area contributed by atoms with Gasteiger partial charge < -0.3 is 10.4 Å². The van der Waals surface area contributed by atoms with Gasteiger partial charge in [-0.2, -0.15) is 0 Å². The highest BCUT2D eigenvalue weighted by molar-refractivity contribution is 5.91. The second-order valence-corrected chi connectivity index (χ2v) is 7.24. The van der Waals surface area contributed by atoms with Gasteiger partial charge in [0.2, 0.25) is 0 Å². The fourth-order valence-corrected chi connectivity index (χ4v) is 3.90. The quantitative estimate of drug-likeness (QED) is 0.645. The molecule has 1 aliphatic rings. The first kappa shape index (κ1) is 17.8. The molecule has 0 radical (unpaired) electrons. The molecule has 1 aliphatic carbocycles. The normalized spacial score (nSPS) is 22.0. The zero-order valence-corrected chi connectivity index (χ0v) is 14.6. The first-order chi connectivity index (χ1) is 12.0. The number of nitrogens with one attached hydrogen (secondary N) is 2. The van der Waals surface area contributed by atoms with E-state index in [1.807, 2.05) is 0 Å². The third-order valence-corrected chi connectivity index (χ3v) is 5.64. The number of hydrogen-bond acceptors (Lipinski definition) is 2. The monoisotopic (exact) mass is 345 g/mol. The van der Waals surface area contributed by atoms with E-state index in [2.05, 4.69) is 23.5 Å². The van der Waals surface area contributed by atoms with E-state index in [0.29, 0.717) is 28.6 Å². The number of aromatic nitrogens is 2. The van der Waals surface area contributed by atoms with E-state index in [9.17, 15) is 8.78 Å². The summed E-state index contributed by atoms with van der Waals surface area (Å²) in [4.78, 5) is 7.64. The fourth-order valence-electron chi connectivity index (χ4n) is 3.90. The predicted molar refractivity (Wildman–Crippen MR) is 97.0 cm³/mol. The van der Waals surface area contributed by atoms with Crippen LogP contribution >= 0.6 is 0 Å². The molecule has 0 aliphatic heterocycles. The molecule has 0 bridgehead atoms. The van der Waals surface area contributed by atoms with Crippen molar-refractivity contribution < 1.29 is 8.78 Å². The van der Waals surface area contributed by atoms with Crippen molar-refractivity contribution in [1.82, 2.24) is 9.97 Å². The van der Waals surface area contributed by atoms with Crippen molar-refractivity contribution in [3.8, 4) is 0 Å². The Labute approximate surface area is 147 Å². The average Bonchev–Trinajstić information content (AvgIpc) is 3.02. The molecule has 1 aromatic heterocycles. The second-order valence-electron chi connectivity index (χ2n) is 7.24. The summed E-state index contributed by atoms with van der Waals surface area (Å²) in [5.74, 6) is 0.570. The van der Waals surface area contributed by atoms with Gasteiger partial charge in [-0.3, -0.25) is 0 Å². The summed E-state index contributed by atoms with van der Waals surface area (Å²) in [7, 11) is 0. The van der Waals surface area contributed by atoms with Gasteiger partial charge in [0.05, 0.1) is 11.0 Å². The standard InChI is InChI=1S/C20H25F2N3/c1-3-15(23)9-6-13-4-7-14(8-5-13)12(2)20-24-18-10-16(21)17(22)11-19(18)25-20/h3,10-14,23H,1,4-9H2,2H3,(H,24,25). The Morgan fingerprint density at radius 3 is 2.68 bits per heavy atom. The third kappa shape index (κ3) is 3.97. The molecule has 0 amide bonds. The molecule has 2 aromatic rings. The minimum atomic E-state index is -0.858. The fraction of sp³-hybridized carbons (Fsp3) is 0.500. The Morgan fingerprint density at radius 2 is 2.00 bits per heavy atom. The zero-order valence-electron chi connectivity index (χ0n) is 14.6. The van der Waals surface area contributed by atoms with Crippen LogP contribution in [0.25, 0.3) is 11.0 Å². The predicted octanol–water partition coefficient (Wildman–Crippen LogP) is 5.74. The first-order valence-electron chi connectivity index (χ1n) is 9.02. The largest absolute Gasteiger partial charge is 0.342 e. The Hall–Kier alpha value is -2.04. The van der Waals surface area contributed by atoms with Gasteiger partial charge in [0.25, 0.3) is 0 Å². The summed E-state index contributed by atoms with van der Waals surface area (Å²) in [6.45, 7) is 5.78. The molecule has 0 saturated heterocycles. The topological polar surface area (TPSA) is 52.5 Å². The smallest absolute Gasteiger partial charge is 0.161 e. The number of fused-ring (bicyclic) bond motifs is 1. The molecule has 1 heterocycles. The molecule has 1 fully saturated rings. The van der Waals surface area contributed by atoms with Crippen LogP contribution in [0.15, 0.2) is 24.8 Å². The van der Waals surface area contributed by atoms with E-state index >= 15 is 0 Å². The van der Waals surface area contributed by atoms with Crippen LogP contribution in [0.3, 0.4) is 0 Å². The molecule has 5 heteroatoms. The lowest BCUT2D eigenvalue weighted by molar-refractivity contribution is 0.238. The van der Waals surface area contributed by atoms with E-state index in [1.165, 1.54) is 18.9 Å². The number of halogens is 2. The van der Waals surface area contributed by atoms with Crippen LogP contribution in [0.5, 0.6) is 0 Å². The van der Waals surface area contributed by atoms with Crippen molar-refractivity contribution in [3.63, 3.8) is 0 Å². The third-order valence-electron chi connectivity index (χ3n) is 5.64. The summed E-state index contributed by atoms with van der Waals surface area (Å²) in [6.07, 6.45) is 8.11. The molecule has 2 N–H and O–H groups in total. The Morgan fingerprint density at radius 1 is 1.32 bits per heavy atom. The van der Waals surface area contributed by atoms with Crippen molar-refractivity contribution >= 4 is 16.7 Å². The summed E-state index contributed by atoms with van der Waals surface area (Å²) in [6, 6.07) is 2.34. The van der Waals surface area contributed by atoms with Crippen LogP contribution < -0.4 is 0 Å². The maximum absolute atomic E-state index is 13.4. The average molecular weight is 345 g/mol. The molecule has 1 unspecified atom stereocenters. The van der Waals surface area contributed by atoms with Gasteiger partial charge in [-0.05, 0) is 43.6 Å². The maximum atomic E-state index is 13.4. The first-order valence-corrected chi connectivity index (χ1v) is 9.02. The van der Waals surface area contributed by atoms with Gasteiger partial charge in [-0.25, -0.2) is 13.8 Å². The van der Waals surface area contributed by atoms with Crippen LogP contribution in [0.1, 0.15) is 57.2 Å². The molecule has 134 valence electrons. The molecular weight excluding hydrogens is 320 g/mol. The van der Waals surface area contributed by atoms with Crippen LogP contribution in [0, 0.1) is 28.9 Å². The molecule has 3 nitrogen and oxygen atoms in total. The lowest BCUT2D eigenvalue weighted by atomic mass is 9.75. The Balaban J connectivity index is 1.61. The van der Waals surface area contributed by atoms with Crippen molar-refractivity contribution in [2.75, 3.05) is 0 Å². The number of nitrogens with zero attached hydrogens (tertiary/aromatic N) is 1. The van der Waals surface area contributed by atoms with E-state index in [1.54, 1.807) is 6.08 Å². The van der Waals surface area contributed by atoms with E-state index in [0.717, 1.165) is 37.6 Å². The Kier molecular flexibility index (Phi) is 5.30. The van der Waals surface area contributed by atoms with Gasteiger partial charge >= 0.3 is 0 Å². The number of benzene rings is 1. The lowest BCUT2D eigenvalue weighted by Gasteiger charge is -2.31. The van der Waals surface area contributed by atoms with Crippen LogP contribution in [-0.2, 0) is 0 Å². The highest BCUT2D eigenvalue weighted by Gasteiger charge is 2.27. The summed E-state index contributed by atoms with van der Waals surface area (Å²) < 4.78 is 26.7. The van der Waals surface area contributed by atoms with E-state index in [4.69, 9.17) is 5.41 Å². The summed E-state index contributed by atoms with van der Waals surface area (Å²) in [5.41, 5.74) is 1.66. The molecule has 25 heavy (non-hydrogen) atoms. The highest BCUT2D eigenvalue weighted by atomic mass is 19.2. The molecule has 1 atom stereocenters. The van der Waals surface area contributed by atoms with Gasteiger partial charge in [0, 0.05) is 23.8 Å². The number of imidazole rings is 1. The van der Waals surface area contributed by atoms with Gasteiger partial charge in [0.1, 0.15) is 5.82 Å². The van der Waals surface area contributed by atoms with E-state index < -0.39 is 11.6 Å². The van der Waals surface area contributed by atoms with E-state index in [-0.39, 0.29) is 5.92 Å². The highest BCUT2D eigenvalue weighted by Crippen LogP contribution is 2.39. The summed E-state index contributed by atoms with van der Waals surface area (Å²) >= 11 is 0. The van der Waals surface area contributed by atoms with Gasteiger partial charge in [0.15, 0.2) is 11.6 Å². The maximum Gasteiger partial charge on any atom is 0.161 e. The van der Waals surface area contributed by atoms with Crippen LogP contribution in [0.2, 0.25) is 0 Å². The second kappa shape index (κ2) is 7.46. The lowest BCUT2D eigenvalue weighted by Crippen LogP contribution is -2.20. The molecule has 1 aromatic carbocycles. The van der Waals surface area contributed by atoms with Crippen molar-refractivity contribution in [3.05, 3.63) is 42.2 Å². The SMILES string of the molecule is C=CC(=N)CCC1CCC(C(C)c2nc3cc(F)c(F)cc3[nH]2)CC1. The molecule has 0 spiro atoms. The van der Waals surface area contributed by atoms with Crippen LogP contribution in [-0.4, -0.2) is 15.7 Å². The van der Waals surface area contributed by atoms with Gasteiger partial charge in [-0.1, -0.05) is 26.3 Å². The zero-order chi connectivity index (χ0) is 18.0.